The normalized spacial score (nSPS) is 14.0. The molecule has 0 saturated carbocycles. The molecule has 0 fully saturated rings. The van der Waals surface area contributed by atoms with Crippen molar-refractivity contribution in [3.8, 4) is 22.3 Å². The summed E-state index contributed by atoms with van der Waals surface area (Å²) in [5, 5.41) is 10.8. The van der Waals surface area contributed by atoms with Crippen molar-refractivity contribution in [2.24, 2.45) is 0 Å². The number of benzene rings is 7. The van der Waals surface area contributed by atoms with Gasteiger partial charge in [0.05, 0.1) is 9.52 Å². The fourth-order valence-electron chi connectivity index (χ4n) is 8.57. The molecule has 0 bridgehead atoms. The molecule has 0 atom stereocenters. The zero-order valence-electron chi connectivity index (χ0n) is 27.3. The molecule has 2 nitrogen and oxygen atoms in total. The van der Waals surface area contributed by atoms with Gasteiger partial charge >= 0.3 is 0 Å². The average molecular weight is 674 g/mol. The zero-order chi connectivity index (χ0) is 32.8. The molecule has 4 heteroatoms. The minimum Gasteiger partial charge on any atom is -0.456 e. The first-order chi connectivity index (χ1) is 24.8. The van der Waals surface area contributed by atoms with Crippen LogP contribution in [0.3, 0.4) is 0 Å². The Kier molecular flexibility index (Phi) is 6.15. The third-order valence-electron chi connectivity index (χ3n) is 10.8. The van der Waals surface area contributed by atoms with Gasteiger partial charge in [0.1, 0.15) is 11.0 Å². The Balaban J connectivity index is 1.15. The third kappa shape index (κ3) is 4.13. The topological polar surface area (TPSA) is 16.4 Å². The molecule has 2 aliphatic rings. The van der Waals surface area contributed by atoms with Crippen molar-refractivity contribution in [1.29, 1.82) is 0 Å². The molecular weight excluding hydrogens is 643 g/mol. The average Bonchev–Trinajstić information content (AvgIpc) is 3.87. The maximum atomic E-state index is 6.49. The van der Waals surface area contributed by atoms with Gasteiger partial charge in [0.2, 0.25) is 0 Å². The van der Waals surface area contributed by atoms with Gasteiger partial charge in [-0.25, -0.2) is 0 Å². The van der Waals surface area contributed by atoms with Crippen LogP contribution in [0.5, 0.6) is 0 Å². The molecule has 1 aliphatic heterocycles. The van der Waals surface area contributed by atoms with Crippen LogP contribution in [0.25, 0.3) is 75.9 Å². The van der Waals surface area contributed by atoms with E-state index in [9.17, 15) is 0 Å². The molecule has 50 heavy (non-hydrogen) atoms. The molecule has 0 saturated heterocycles. The first-order valence-corrected chi connectivity index (χ1v) is 19.7. The molecular formula is C46H31NOSSi. The summed E-state index contributed by atoms with van der Waals surface area (Å²) >= 11 is 1.95. The number of hydrogen-bond acceptors (Lipinski definition) is 3. The lowest BCUT2D eigenvalue weighted by atomic mass is 9.97. The predicted octanol–water partition coefficient (Wildman–Crippen LogP) is 9.24. The second-order valence-electron chi connectivity index (χ2n) is 13.5. The summed E-state index contributed by atoms with van der Waals surface area (Å²) in [4.78, 5) is 2.58. The molecule has 0 radical (unpaired) electrons. The number of furan rings is 1. The highest BCUT2D eigenvalue weighted by atomic mass is 32.1. The third-order valence-corrected chi connectivity index (χ3v) is 14.1. The van der Waals surface area contributed by atoms with Crippen LogP contribution in [-0.2, 0) is 0 Å². The van der Waals surface area contributed by atoms with E-state index in [-0.39, 0.29) is 0 Å². The second-order valence-corrected chi connectivity index (χ2v) is 16.4. The second kappa shape index (κ2) is 10.9. The minimum atomic E-state index is -0.753. The van der Waals surface area contributed by atoms with Gasteiger partial charge in [-0.1, -0.05) is 120 Å². The summed E-state index contributed by atoms with van der Waals surface area (Å²) in [6.07, 6.45) is 4.17. The molecule has 236 valence electrons. The fourth-order valence-corrected chi connectivity index (χ4v) is 12.1. The van der Waals surface area contributed by atoms with E-state index < -0.39 is 9.52 Å². The number of fused-ring (bicyclic) bond motifs is 11. The van der Waals surface area contributed by atoms with Gasteiger partial charge in [0, 0.05) is 47.8 Å². The van der Waals surface area contributed by atoms with Gasteiger partial charge in [-0.05, 0) is 87.5 Å². The van der Waals surface area contributed by atoms with E-state index >= 15 is 0 Å². The number of hydrogen-bond donors (Lipinski definition) is 0. The summed E-state index contributed by atoms with van der Waals surface area (Å²) in [5.74, 6) is 0. The fraction of sp³-hybridized carbons (Fsp3) is 0.0435. The Morgan fingerprint density at radius 2 is 1.38 bits per heavy atom. The molecule has 0 N–H and O–H groups in total. The van der Waals surface area contributed by atoms with E-state index in [0.29, 0.717) is 0 Å². The van der Waals surface area contributed by atoms with Crippen LogP contribution >= 0.6 is 11.3 Å². The quantitative estimate of drug-likeness (QED) is 0.173. The van der Waals surface area contributed by atoms with E-state index in [4.69, 9.17) is 4.42 Å². The molecule has 9 aromatic rings. The maximum absolute atomic E-state index is 6.49. The van der Waals surface area contributed by atoms with Gasteiger partial charge in [0.15, 0.2) is 0 Å². The highest BCUT2D eigenvalue weighted by Gasteiger charge is 2.29. The molecule has 11 rings (SSSR count). The van der Waals surface area contributed by atoms with Crippen LogP contribution in [0.2, 0.25) is 0 Å². The molecule has 1 aliphatic carbocycles. The first-order valence-electron chi connectivity index (χ1n) is 17.4. The SMILES string of the molecule is C1=c2oc3ccccc3c2=C(N(c2ccc(-c3cccc4ccccc34)cc2)c2cccc3c2[SiH2]c2ccc4c(sc5ccccc54)c2-3)CC1. The van der Waals surface area contributed by atoms with Crippen molar-refractivity contribution in [1.82, 2.24) is 0 Å². The standard InChI is InChI=1S/C46H31NOSSi/c1-2-12-31-28(10-1)11-7-15-32(31)29-22-24-30(25-23-29)47(37-17-9-20-40-43(37)35-14-3-5-19-39(35)48-40)38-18-8-16-36-44-42(50-46(36)38)27-26-34-33-13-4-6-21-41(33)49-45(34)44/h1-8,10-16,18-27H,9,17,50H2. The van der Waals surface area contributed by atoms with Crippen LogP contribution in [0.1, 0.15) is 12.8 Å². The van der Waals surface area contributed by atoms with E-state index in [1.165, 1.54) is 86.1 Å². The highest BCUT2D eigenvalue weighted by molar-refractivity contribution is 7.26. The monoisotopic (exact) mass is 673 g/mol. The van der Waals surface area contributed by atoms with E-state index in [1.807, 2.05) is 11.3 Å². The van der Waals surface area contributed by atoms with Crippen LogP contribution in [0.4, 0.5) is 11.4 Å². The Hall–Kier alpha value is -5.68. The lowest BCUT2D eigenvalue weighted by Gasteiger charge is -2.31. The van der Waals surface area contributed by atoms with Gasteiger partial charge in [0.25, 0.3) is 0 Å². The lowest BCUT2D eigenvalue weighted by Crippen LogP contribution is -2.36. The van der Waals surface area contributed by atoms with Crippen molar-refractivity contribution >= 4 is 96.3 Å². The van der Waals surface area contributed by atoms with Gasteiger partial charge in [-0.15, -0.1) is 11.3 Å². The summed E-state index contributed by atoms with van der Waals surface area (Å²) in [5.41, 5.74) is 11.1. The molecule has 7 aromatic carbocycles. The Morgan fingerprint density at radius 1 is 0.620 bits per heavy atom. The van der Waals surface area contributed by atoms with Gasteiger partial charge in [-0.2, -0.15) is 0 Å². The van der Waals surface area contributed by atoms with Crippen LogP contribution in [0, 0.1) is 0 Å². The van der Waals surface area contributed by atoms with Crippen molar-refractivity contribution in [3.05, 3.63) is 156 Å². The van der Waals surface area contributed by atoms with Crippen LogP contribution in [-0.4, -0.2) is 9.52 Å². The summed E-state index contributed by atoms with van der Waals surface area (Å²) in [6, 6.07) is 53.8. The smallest absolute Gasteiger partial charge is 0.135 e. The minimum absolute atomic E-state index is 0.753. The molecule has 3 heterocycles. The number of rotatable bonds is 4. The number of nitrogens with zero attached hydrogens (tertiary/aromatic N) is 1. The van der Waals surface area contributed by atoms with E-state index in [0.717, 1.165) is 23.8 Å². The zero-order valence-corrected chi connectivity index (χ0v) is 29.5. The summed E-state index contributed by atoms with van der Waals surface area (Å²) < 4.78 is 9.28. The van der Waals surface area contributed by atoms with Crippen molar-refractivity contribution in [3.63, 3.8) is 0 Å². The Bertz CT molecular complexity index is 2960. The Morgan fingerprint density at radius 3 is 2.30 bits per heavy atom. The first kappa shape index (κ1) is 28.2. The maximum Gasteiger partial charge on any atom is 0.135 e. The van der Waals surface area contributed by atoms with E-state index in [1.54, 1.807) is 5.19 Å². The Labute approximate surface area is 295 Å². The van der Waals surface area contributed by atoms with E-state index in [2.05, 4.69) is 157 Å². The van der Waals surface area contributed by atoms with Gasteiger partial charge in [-0.3, -0.25) is 0 Å². The van der Waals surface area contributed by atoms with Crippen LogP contribution in [0.15, 0.2) is 150 Å². The number of para-hydroxylation sites is 1. The highest BCUT2D eigenvalue weighted by Crippen LogP contribution is 2.42. The number of anilines is 2. The van der Waals surface area contributed by atoms with Gasteiger partial charge < -0.3 is 9.32 Å². The van der Waals surface area contributed by atoms with Crippen LogP contribution < -0.4 is 25.9 Å². The predicted molar refractivity (Wildman–Crippen MR) is 217 cm³/mol. The summed E-state index contributed by atoms with van der Waals surface area (Å²) in [6.45, 7) is 0. The van der Waals surface area contributed by atoms with Crippen molar-refractivity contribution < 1.29 is 4.42 Å². The van der Waals surface area contributed by atoms with Crippen molar-refractivity contribution in [2.45, 2.75) is 12.8 Å². The molecule has 0 amide bonds. The molecule has 0 spiro atoms. The number of thiophene rings is 1. The van der Waals surface area contributed by atoms with Crippen molar-refractivity contribution in [2.75, 3.05) is 4.90 Å². The lowest BCUT2D eigenvalue weighted by molar-refractivity contribution is 0.570. The molecule has 0 unspecified atom stereocenters. The summed E-state index contributed by atoms with van der Waals surface area (Å²) in [7, 11) is -0.753. The largest absolute Gasteiger partial charge is 0.456 e. The molecule has 2 aromatic heterocycles.